The van der Waals surface area contributed by atoms with Crippen molar-refractivity contribution in [1.82, 2.24) is 0 Å². The summed E-state index contributed by atoms with van der Waals surface area (Å²) in [5, 5.41) is 20.6. The number of hydrogen-bond acceptors (Lipinski definition) is 2. The normalized spacial score (nSPS) is 55.4. The average Bonchev–Trinajstić information content (AvgIpc) is 1.96. The maximum absolute atomic E-state index is 10.4. The van der Waals surface area contributed by atoms with Crippen molar-refractivity contribution in [2.75, 3.05) is 0 Å². The Labute approximate surface area is 92.7 Å². The summed E-state index contributed by atoms with van der Waals surface area (Å²) in [4.78, 5) is 0. The molecule has 0 aromatic carbocycles. The molecule has 0 aromatic heterocycles. The summed E-state index contributed by atoms with van der Waals surface area (Å²) in [7, 11) is 0. The predicted octanol–water partition coefficient (Wildman–Crippen LogP) is 2.48. The Morgan fingerprint density at radius 1 is 1.07 bits per heavy atom. The Morgan fingerprint density at radius 3 is 2.27 bits per heavy atom. The minimum atomic E-state index is -0.507. The molecular weight excluding hydrogens is 188 g/mol. The zero-order valence-electron chi connectivity index (χ0n) is 10.2. The lowest BCUT2D eigenvalue weighted by Crippen LogP contribution is -2.51. The second-order valence-electron chi connectivity index (χ2n) is 6.72. The van der Waals surface area contributed by atoms with Crippen molar-refractivity contribution in [3.05, 3.63) is 0 Å². The van der Waals surface area contributed by atoms with E-state index < -0.39 is 11.2 Å². The van der Waals surface area contributed by atoms with Crippen molar-refractivity contribution in [3.63, 3.8) is 0 Å². The van der Waals surface area contributed by atoms with Gasteiger partial charge in [0, 0.05) is 0 Å². The smallest absolute Gasteiger partial charge is 0.0653 e. The van der Waals surface area contributed by atoms with E-state index in [4.69, 9.17) is 0 Å². The van der Waals surface area contributed by atoms with Crippen molar-refractivity contribution in [2.24, 2.45) is 11.3 Å². The molecule has 2 nitrogen and oxygen atoms in total. The molecule has 0 radical (unpaired) electrons. The molecule has 2 aliphatic rings. The van der Waals surface area contributed by atoms with Gasteiger partial charge in [-0.25, -0.2) is 0 Å². The lowest BCUT2D eigenvalue weighted by atomic mass is 9.54. The molecule has 0 saturated heterocycles. The Bertz CT molecular complexity index is 259. The summed E-state index contributed by atoms with van der Waals surface area (Å²) in [6.07, 6.45) is 5.49. The van der Waals surface area contributed by atoms with Crippen LogP contribution in [0, 0.1) is 11.3 Å². The van der Waals surface area contributed by atoms with Crippen LogP contribution in [0.2, 0.25) is 0 Å². The fourth-order valence-corrected chi connectivity index (χ4v) is 4.41. The molecule has 0 aromatic rings. The molecule has 2 aliphatic carbocycles. The van der Waals surface area contributed by atoms with E-state index in [1.54, 1.807) is 0 Å². The topological polar surface area (TPSA) is 40.5 Å². The fraction of sp³-hybridized carbons (Fsp3) is 1.00. The molecule has 2 saturated carbocycles. The summed E-state index contributed by atoms with van der Waals surface area (Å²) in [6.45, 7) is 6.25. The van der Waals surface area contributed by atoms with Gasteiger partial charge >= 0.3 is 0 Å². The lowest BCUT2D eigenvalue weighted by molar-refractivity contribution is -0.140. The number of hydrogen-bond donors (Lipinski definition) is 2. The van der Waals surface area contributed by atoms with E-state index in [0.717, 1.165) is 32.1 Å². The lowest BCUT2D eigenvalue weighted by Gasteiger charge is -2.54. The van der Waals surface area contributed by atoms with Gasteiger partial charge in [-0.1, -0.05) is 13.8 Å². The van der Waals surface area contributed by atoms with Gasteiger partial charge in [-0.15, -0.1) is 0 Å². The number of rotatable bonds is 1. The van der Waals surface area contributed by atoms with E-state index in [-0.39, 0.29) is 5.41 Å². The predicted molar refractivity (Wildman–Crippen MR) is 60.5 cm³/mol. The monoisotopic (exact) mass is 212 g/mol. The molecule has 2 bridgehead atoms. The van der Waals surface area contributed by atoms with Crippen molar-refractivity contribution < 1.29 is 10.2 Å². The third-order valence-corrected chi connectivity index (χ3v) is 4.40. The van der Waals surface area contributed by atoms with Crippen LogP contribution in [0.1, 0.15) is 59.3 Å². The van der Waals surface area contributed by atoms with E-state index in [2.05, 4.69) is 13.8 Å². The highest BCUT2D eigenvalue weighted by atomic mass is 16.3. The van der Waals surface area contributed by atoms with E-state index in [9.17, 15) is 10.2 Å². The van der Waals surface area contributed by atoms with Gasteiger partial charge in [0.1, 0.15) is 0 Å². The van der Waals surface area contributed by atoms with Crippen LogP contribution >= 0.6 is 0 Å². The standard InChI is InChI=1S/C13H24O2/c1-4-13(15)7-10-5-11(2,9-13)8-12(3,14)6-10/h10,14-15H,4-9H2,1-3H3/t10?,11-,12?,13?/m0/s1. The molecule has 0 aliphatic heterocycles. The van der Waals surface area contributed by atoms with Crippen LogP contribution in [0.4, 0.5) is 0 Å². The van der Waals surface area contributed by atoms with Gasteiger partial charge in [0.05, 0.1) is 11.2 Å². The van der Waals surface area contributed by atoms with Crippen LogP contribution in [-0.2, 0) is 0 Å². The third kappa shape index (κ3) is 2.21. The fourth-order valence-electron chi connectivity index (χ4n) is 4.41. The van der Waals surface area contributed by atoms with Crippen LogP contribution in [0.25, 0.3) is 0 Å². The maximum Gasteiger partial charge on any atom is 0.0653 e. The van der Waals surface area contributed by atoms with Crippen molar-refractivity contribution in [1.29, 1.82) is 0 Å². The Balaban J connectivity index is 2.21. The Kier molecular flexibility index (Phi) is 2.44. The van der Waals surface area contributed by atoms with Gasteiger partial charge in [0.25, 0.3) is 0 Å². The third-order valence-electron chi connectivity index (χ3n) is 4.40. The first-order chi connectivity index (χ1) is 6.76. The molecule has 2 N–H and O–H groups in total. The number of aliphatic hydroxyl groups is 2. The first-order valence-electron chi connectivity index (χ1n) is 6.21. The molecule has 3 unspecified atom stereocenters. The number of fused-ring (bicyclic) bond motifs is 2. The SMILES string of the molecule is CCC1(O)CC2CC(C)(O)C[C@](C)(C2)C1. The largest absolute Gasteiger partial charge is 0.390 e. The molecule has 2 rings (SSSR count). The van der Waals surface area contributed by atoms with Crippen LogP contribution in [0.15, 0.2) is 0 Å². The quantitative estimate of drug-likeness (QED) is 0.701. The Hall–Kier alpha value is -0.0800. The first kappa shape index (κ1) is 11.4. The summed E-state index contributed by atoms with van der Waals surface area (Å²) >= 11 is 0. The molecule has 2 fully saturated rings. The Morgan fingerprint density at radius 2 is 1.73 bits per heavy atom. The summed E-state index contributed by atoms with van der Waals surface area (Å²) in [5.74, 6) is 0.512. The first-order valence-corrected chi connectivity index (χ1v) is 6.21. The molecule has 2 heteroatoms. The van der Waals surface area contributed by atoms with Crippen LogP contribution in [0.3, 0.4) is 0 Å². The summed E-state index contributed by atoms with van der Waals surface area (Å²) in [6, 6.07) is 0. The summed E-state index contributed by atoms with van der Waals surface area (Å²) in [5.41, 5.74) is -0.823. The van der Waals surface area contributed by atoms with Crippen molar-refractivity contribution in [3.8, 4) is 0 Å². The van der Waals surface area contributed by atoms with E-state index in [1.165, 1.54) is 6.42 Å². The summed E-state index contributed by atoms with van der Waals surface area (Å²) < 4.78 is 0. The maximum atomic E-state index is 10.4. The molecular formula is C13H24O2. The van der Waals surface area contributed by atoms with Crippen LogP contribution < -0.4 is 0 Å². The zero-order valence-corrected chi connectivity index (χ0v) is 10.2. The highest BCUT2D eigenvalue weighted by molar-refractivity contribution is 5.03. The minimum absolute atomic E-state index is 0.148. The molecule has 4 atom stereocenters. The second-order valence-corrected chi connectivity index (χ2v) is 6.72. The molecule has 0 amide bonds. The van der Waals surface area contributed by atoms with Gasteiger partial charge in [-0.2, -0.15) is 0 Å². The highest BCUT2D eigenvalue weighted by Gasteiger charge is 2.51. The second kappa shape index (κ2) is 3.21. The van der Waals surface area contributed by atoms with Crippen LogP contribution in [-0.4, -0.2) is 21.4 Å². The molecule has 0 spiro atoms. The van der Waals surface area contributed by atoms with Gasteiger partial charge in [-0.3, -0.25) is 0 Å². The van der Waals surface area contributed by atoms with E-state index in [1.807, 2.05) is 6.92 Å². The molecule has 0 heterocycles. The van der Waals surface area contributed by atoms with Crippen LogP contribution in [0.5, 0.6) is 0 Å². The van der Waals surface area contributed by atoms with Crippen molar-refractivity contribution in [2.45, 2.75) is 70.5 Å². The van der Waals surface area contributed by atoms with Gasteiger partial charge in [-0.05, 0) is 56.8 Å². The van der Waals surface area contributed by atoms with Gasteiger partial charge in [0.2, 0.25) is 0 Å². The average molecular weight is 212 g/mol. The van der Waals surface area contributed by atoms with E-state index >= 15 is 0 Å². The van der Waals surface area contributed by atoms with E-state index in [0.29, 0.717) is 5.92 Å². The zero-order chi connectivity index (χ0) is 11.3. The highest BCUT2D eigenvalue weighted by Crippen LogP contribution is 2.55. The van der Waals surface area contributed by atoms with Gasteiger partial charge < -0.3 is 10.2 Å². The van der Waals surface area contributed by atoms with Crippen molar-refractivity contribution >= 4 is 0 Å². The molecule has 88 valence electrons. The molecule has 15 heavy (non-hydrogen) atoms. The van der Waals surface area contributed by atoms with Gasteiger partial charge in [0.15, 0.2) is 0 Å². The minimum Gasteiger partial charge on any atom is -0.390 e.